The van der Waals surface area contributed by atoms with E-state index < -0.39 is 10.0 Å². The molecule has 1 aromatic carbocycles. The van der Waals surface area contributed by atoms with Gasteiger partial charge in [0.2, 0.25) is 10.0 Å². The lowest BCUT2D eigenvalue weighted by Crippen LogP contribution is -2.10. The second-order valence-electron chi connectivity index (χ2n) is 8.64. The predicted octanol–water partition coefficient (Wildman–Crippen LogP) is 4.94. The maximum Gasteiger partial charge on any atom is 0.272 e. The zero-order chi connectivity index (χ0) is 24.8. The van der Waals surface area contributed by atoms with Crippen molar-refractivity contribution in [2.45, 2.75) is 20.4 Å². The summed E-state index contributed by atoms with van der Waals surface area (Å²) >= 11 is 0. The van der Waals surface area contributed by atoms with Gasteiger partial charge in [-0.25, -0.2) is 8.42 Å². The highest BCUT2D eigenvalue weighted by Gasteiger charge is 2.17. The van der Waals surface area contributed by atoms with Crippen molar-refractivity contribution in [1.82, 2.24) is 14.1 Å². The van der Waals surface area contributed by atoms with Crippen molar-refractivity contribution in [2.75, 3.05) is 11.0 Å². The van der Waals surface area contributed by atoms with Crippen LogP contribution in [0.1, 0.15) is 13.8 Å². The summed E-state index contributed by atoms with van der Waals surface area (Å²) in [5, 5.41) is 1.57. The third-order valence-corrected chi connectivity index (χ3v) is 6.61. The van der Waals surface area contributed by atoms with Crippen LogP contribution in [-0.2, 0) is 23.6 Å². The normalized spacial score (nSPS) is 12.7. The van der Waals surface area contributed by atoms with Gasteiger partial charge >= 0.3 is 0 Å². The number of aryl methyl sites for hydroxylation is 1. The van der Waals surface area contributed by atoms with Crippen molar-refractivity contribution < 1.29 is 8.42 Å². The van der Waals surface area contributed by atoms with Crippen LogP contribution in [0.25, 0.3) is 32.9 Å². The minimum atomic E-state index is -3.51. The lowest BCUT2D eigenvalue weighted by Gasteiger charge is -2.14. The standard InChI is InChI=1S/C26H28N4O3S/c1-7-17(4)21(16(2)3)15-30-11-9-20-23(28-34(6,32)33)12-18(13-24(20)30)22-14-29(5)25-19(22)8-10-27-26(25)31/h7-14,28H,1-2,15H2,3-6H3,(H,27,31)/b21-17-. The van der Waals surface area contributed by atoms with Crippen molar-refractivity contribution >= 4 is 37.5 Å². The number of nitrogens with one attached hydrogen (secondary N) is 2. The molecule has 2 N–H and O–H groups in total. The third-order valence-electron chi connectivity index (χ3n) is 6.02. The second kappa shape index (κ2) is 8.53. The molecule has 3 aromatic heterocycles. The Morgan fingerprint density at radius 1 is 1.21 bits per heavy atom. The van der Waals surface area contributed by atoms with E-state index in [-0.39, 0.29) is 5.56 Å². The summed E-state index contributed by atoms with van der Waals surface area (Å²) in [4.78, 5) is 15.1. The Labute approximate surface area is 198 Å². The number of aromatic nitrogens is 3. The molecule has 0 aliphatic rings. The Hall–Kier alpha value is -3.78. The van der Waals surface area contributed by atoms with Crippen LogP contribution < -0.4 is 10.3 Å². The number of sulfonamides is 1. The van der Waals surface area contributed by atoms with Gasteiger partial charge in [-0.15, -0.1) is 0 Å². The molecule has 3 heterocycles. The van der Waals surface area contributed by atoms with E-state index >= 15 is 0 Å². The van der Waals surface area contributed by atoms with Gasteiger partial charge in [-0.3, -0.25) is 9.52 Å². The molecule has 0 atom stereocenters. The van der Waals surface area contributed by atoms with Gasteiger partial charge < -0.3 is 14.1 Å². The van der Waals surface area contributed by atoms with E-state index in [2.05, 4.69) is 27.4 Å². The molecule has 0 aliphatic heterocycles. The molecular formula is C26H28N4O3S. The summed E-state index contributed by atoms with van der Waals surface area (Å²) in [6, 6.07) is 7.60. The van der Waals surface area contributed by atoms with Crippen LogP contribution in [-0.4, -0.2) is 28.8 Å². The average molecular weight is 477 g/mol. The Morgan fingerprint density at radius 3 is 2.59 bits per heavy atom. The zero-order valence-corrected chi connectivity index (χ0v) is 20.6. The minimum Gasteiger partial charge on any atom is -0.345 e. The van der Waals surface area contributed by atoms with E-state index in [1.807, 2.05) is 63.6 Å². The number of aromatic amines is 1. The fraction of sp³-hybridized carbons (Fsp3) is 0.192. The van der Waals surface area contributed by atoms with Crippen LogP contribution >= 0.6 is 0 Å². The van der Waals surface area contributed by atoms with Crippen molar-refractivity contribution in [3.63, 3.8) is 0 Å². The van der Waals surface area contributed by atoms with Crippen LogP contribution in [0.3, 0.4) is 0 Å². The summed E-state index contributed by atoms with van der Waals surface area (Å²) in [5.41, 5.74) is 6.40. The number of pyridine rings is 1. The van der Waals surface area contributed by atoms with Crippen LogP contribution in [0, 0.1) is 0 Å². The Bertz CT molecular complexity index is 1660. The highest BCUT2D eigenvalue weighted by molar-refractivity contribution is 7.92. The molecule has 176 valence electrons. The summed E-state index contributed by atoms with van der Waals surface area (Å²) in [6.07, 6.45) is 8.39. The topological polar surface area (TPSA) is 88.9 Å². The van der Waals surface area contributed by atoms with Gasteiger partial charge in [-0.2, -0.15) is 0 Å². The molecule has 0 unspecified atom stereocenters. The number of benzene rings is 1. The number of hydrogen-bond acceptors (Lipinski definition) is 3. The average Bonchev–Trinajstić information content (AvgIpc) is 3.32. The van der Waals surface area contributed by atoms with Gasteiger partial charge in [0, 0.05) is 48.5 Å². The molecule has 8 heteroatoms. The molecule has 0 saturated carbocycles. The van der Waals surface area contributed by atoms with Crippen LogP contribution in [0.4, 0.5) is 5.69 Å². The molecule has 0 radical (unpaired) electrons. The first-order chi connectivity index (χ1) is 16.0. The third kappa shape index (κ3) is 4.24. The van der Waals surface area contributed by atoms with Gasteiger partial charge in [-0.05, 0) is 54.8 Å². The highest BCUT2D eigenvalue weighted by Crippen LogP contribution is 2.36. The number of anilines is 1. The van der Waals surface area contributed by atoms with E-state index in [0.717, 1.165) is 50.4 Å². The van der Waals surface area contributed by atoms with E-state index in [0.29, 0.717) is 17.7 Å². The highest BCUT2D eigenvalue weighted by atomic mass is 32.2. The van der Waals surface area contributed by atoms with Gasteiger partial charge in [0.15, 0.2) is 0 Å². The van der Waals surface area contributed by atoms with Crippen molar-refractivity contribution in [3.05, 3.63) is 89.2 Å². The van der Waals surface area contributed by atoms with E-state index in [1.165, 1.54) is 0 Å². The summed E-state index contributed by atoms with van der Waals surface area (Å²) in [7, 11) is -1.69. The van der Waals surface area contributed by atoms with Crippen LogP contribution in [0.15, 0.2) is 83.6 Å². The summed E-state index contributed by atoms with van der Waals surface area (Å²) in [6.45, 7) is 12.5. The number of H-pyrrole nitrogens is 1. The van der Waals surface area contributed by atoms with Gasteiger partial charge in [0.1, 0.15) is 5.52 Å². The summed E-state index contributed by atoms with van der Waals surface area (Å²) in [5.74, 6) is 0. The van der Waals surface area contributed by atoms with Crippen molar-refractivity contribution in [2.24, 2.45) is 7.05 Å². The minimum absolute atomic E-state index is 0.179. The van der Waals surface area contributed by atoms with Crippen LogP contribution in [0.2, 0.25) is 0 Å². The molecule has 0 bridgehead atoms. The number of rotatable bonds is 7. The largest absolute Gasteiger partial charge is 0.345 e. The fourth-order valence-electron chi connectivity index (χ4n) is 4.36. The lowest BCUT2D eigenvalue weighted by molar-refractivity contribution is 0.607. The Kier molecular flexibility index (Phi) is 5.87. The zero-order valence-electron chi connectivity index (χ0n) is 19.8. The van der Waals surface area contributed by atoms with E-state index in [4.69, 9.17) is 0 Å². The van der Waals surface area contributed by atoms with E-state index in [9.17, 15) is 13.2 Å². The first kappa shape index (κ1) is 23.4. The first-order valence-electron chi connectivity index (χ1n) is 10.8. The molecule has 0 aliphatic carbocycles. The van der Waals surface area contributed by atoms with Crippen LogP contribution in [0.5, 0.6) is 0 Å². The Balaban J connectivity index is 2.00. The number of nitrogens with zero attached hydrogens (tertiary/aromatic N) is 2. The smallest absolute Gasteiger partial charge is 0.272 e. The van der Waals surface area contributed by atoms with Crippen molar-refractivity contribution in [1.29, 1.82) is 0 Å². The quantitative estimate of drug-likeness (QED) is 0.370. The lowest BCUT2D eigenvalue weighted by atomic mass is 10.0. The first-order valence-corrected chi connectivity index (χ1v) is 12.6. The molecule has 0 spiro atoms. The number of allylic oxidation sites excluding steroid dienone is 4. The molecule has 7 nitrogen and oxygen atoms in total. The number of hydrogen-bond donors (Lipinski definition) is 2. The van der Waals surface area contributed by atoms with Crippen molar-refractivity contribution in [3.8, 4) is 11.1 Å². The van der Waals surface area contributed by atoms with Gasteiger partial charge in [-0.1, -0.05) is 24.8 Å². The second-order valence-corrected chi connectivity index (χ2v) is 10.4. The monoisotopic (exact) mass is 476 g/mol. The number of fused-ring (bicyclic) bond motifs is 2. The predicted molar refractivity (Wildman–Crippen MR) is 141 cm³/mol. The molecule has 34 heavy (non-hydrogen) atoms. The maximum atomic E-state index is 12.4. The molecule has 4 aromatic rings. The fourth-order valence-corrected chi connectivity index (χ4v) is 4.93. The maximum absolute atomic E-state index is 12.4. The molecule has 4 rings (SSSR count). The molecule has 0 fully saturated rings. The van der Waals surface area contributed by atoms with E-state index in [1.54, 1.807) is 10.8 Å². The molecular weight excluding hydrogens is 448 g/mol. The van der Waals surface area contributed by atoms with Gasteiger partial charge in [0.25, 0.3) is 5.56 Å². The van der Waals surface area contributed by atoms with Gasteiger partial charge in [0.05, 0.1) is 17.5 Å². The molecule has 0 saturated heterocycles. The summed E-state index contributed by atoms with van der Waals surface area (Å²) < 4.78 is 30.8. The Morgan fingerprint density at radius 2 is 1.94 bits per heavy atom. The molecule has 0 amide bonds. The SMILES string of the molecule is C=C/C(C)=C(/Cn1ccc2c(NS(C)(=O)=O)cc(-c3cn(C)c4c(=O)[nH]ccc34)cc21)C(=C)C.